The van der Waals surface area contributed by atoms with E-state index in [0.29, 0.717) is 24.0 Å². The lowest BCUT2D eigenvalue weighted by Gasteiger charge is -2.23. The maximum atomic E-state index is 13.0. The number of carbonyl (C=O) groups is 1. The van der Waals surface area contributed by atoms with Crippen LogP contribution in [0.1, 0.15) is 49.0 Å². The SMILES string of the molecule is COc1ccc([C@H](CC(=O)O)n2ccn(CCCc3ccc4c(n3)NC(C)CC4)c2=O)cn1. The molecule has 2 N–H and O–H groups in total. The number of anilines is 1. The predicted molar refractivity (Wildman–Crippen MR) is 124 cm³/mol. The van der Waals surface area contributed by atoms with Gasteiger partial charge >= 0.3 is 11.7 Å². The number of rotatable bonds is 9. The number of aryl methyl sites for hydroxylation is 3. The Morgan fingerprint density at radius 2 is 2.15 bits per heavy atom. The zero-order chi connectivity index (χ0) is 23.4. The zero-order valence-electron chi connectivity index (χ0n) is 18.9. The van der Waals surface area contributed by atoms with E-state index in [4.69, 9.17) is 9.72 Å². The molecule has 4 rings (SSSR count). The number of nitrogens with one attached hydrogen (secondary N) is 1. The molecule has 1 unspecified atom stereocenters. The molecule has 3 aromatic heterocycles. The van der Waals surface area contributed by atoms with Crippen LogP contribution in [0.25, 0.3) is 0 Å². The third-order valence-corrected chi connectivity index (χ3v) is 6.03. The van der Waals surface area contributed by atoms with Crippen LogP contribution in [0.4, 0.5) is 5.82 Å². The van der Waals surface area contributed by atoms with Crippen molar-refractivity contribution in [3.05, 3.63) is 70.2 Å². The first-order valence-electron chi connectivity index (χ1n) is 11.2. The monoisotopic (exact) mass is 451 g/mol. The van der Waals surface area contributed by atoms with Gasteiger partial charge in [-0.05, 0) is 49.8 Å². The standard InChI is InChI=1S/C24H29N5O4/c1-16-5-6-17-7-9-19(27-23(17)26-16)4-3-11-28-12-13-29(24(28)32)20(14-22(30)31)18-8-10-21(33-2)25-15-18/h7-10,12-13,15-16,20H,3-6,11,14H2,1-2H3,(H,26,27)(H,30,31)/t16?,20-/m0/s1. The molecule has 0 aromatic carbocycles. The van der Waals surface area contributed by atoms with Crippen molar-refractivity contribution in [2.24, 2.45) is 0 Å². The number of pyridine rings is 2. The first-order valence-corrected chi connectivity index (χ1v) is 11.2. The molecule has 3 aromatic rings. The Kier molecular flexibility index (Phi) is 6.76. The summed E-state index contributed by atoms with van der Waals surface area (Å²) in [4.78, 5) is 33.4. The van der Waals surface area contributed by atoms with Gasteiger partial charge in [-0.2, -0.15) is 0 Å². The highest BCUT2D eigenvalue weighted by Gasteiger charge is 2.21. The van der Waals surface area contributed by atoms with Crippen molar-refractivity contribution in [2.75, 3.05) is 12.4 Å². The molecule has 0 radical (unpaired) electrons. The van der Waals surface area contributed by atoms with Gasteiger partial charge < -0.3 is 15.2 Å². The third-order valence-electron chi connectivity index (χ3n) is 6.03. The molecule has 0 bridgehead atoms. The fourth-order valence-corrected chi connectivity index (χ4v) is 4.19. The number of hydrogen-bond donors (Lipinski definition) is 2. The summed E-state index contributed by atoms with van der Waals surface area (Å²) in [7, 11) is 1.51. The summed E-state index contributed by atoms with van der Waals surface area (Å²) >= 11 is 0. The molecule has 9 heteroatoms. The maximum absolute atomic E-state index is 13.0. The van der Waals surface area contributed by atoms with Crippen LogP contribution in [0.3, 0.4) is 0 Å². The van der Waals surface area contributed by atoms with Crippen LogP contribution in [0, 0.1) is 0 Å². The van der Waals surface area contributed by atoms with Crippen molar-refractivity contribution in [3.63, 3.8) is 0 Å². The van der Waals surface area contributed by atoms with E-state index in [2.05, 4.69) is 29.4 Å². The van der Waals surface area contributed by atoms with Crippen molar-refractivity contribution in [1.29, 1.82) is 0 Å². The average Bonchev–Trinajstić information content (AvgIpc) is 3.17. The Labute approximate surface area is 192 Å². The Bertz CT molecular complexity index is 1170. The lowest BCUT2D eigenvalue weighted by molar-refractivity contribution is -0.137. The number of aliphatic carboxylic acids is 1. The Balaban J connectivity index is 1.45. The van der Waals surface area contributed by atoms with E-state index < -0.39 is 12.0 Å². The number of hydrogen-bond acceptors (Lipinski definition) is 6. The minimum atomic E-state index is -0.989. The second-order valence-corrected chi connectivity index (χ2v) is 8.43. The van der Waals surface area contributed by atoms with Gasteiger partial charge in [0.05, 0.1) is 19.6 Å². The van der Waals surface area contributed by atoms with E-state index in [1.165, 1.54) is 17.2 Å². The quantitative estimate of drug-likeness (QED) is 0.515. The van der Waals surface area contributed by atoms with Crippen LogP contribution >= 0.6 is 0 Å². The topological polar surface area (TPSA) is 111 Å². The molecule has 4 heterocycles. The molecule has 0 spiro atoms. The van der Waals surface area contributed by atoms with Gasteiger partial charge in [0.15, 0.2) is 0 Å². The fourth-order valence-electron chi connectivity index (χ4n) is 4.19. The third kappa shape index (κ3) is 5.24. The molecule has 174 valence electrons. The first-order chi connectivity index (χ1) is 15.9. The highest BCUT2D eigenvalue weighted by atomic mass is 16.5. The molecule has 0 fully saturated rings. The molecular weight excluding hydrogens is 422 g/mol. The number of methoxy groups -OCH3 is 1. The van der Waals surface area contributed by atoms with Gasteiger partial charge in [0.2, 0.25) is 5.88 Å². The van der Waals surface area contributed by atoms with Crippen molar-refractivity contribution in [3.8, 4) is 5.88 Å². The second-order valence-electron chi connectivity index (χ2n) is 8.43. The van der Waals surface area contributed by atoms with Crippen molar-refractivity contribution in [2.45, 2.75) is 57.7 Å². The summed E-state index contributed by atoms with van der Waals surface area (Å²) < 4.78 is 8.15. The van der Waals surface area contributed by atoms with Gasteiger partial charge in [0.1, 0.15) is 5.82 Å². The Morgan fingerprint density at radius 3 is 2.88 bits per heavy atom. The number of carboxylic acid groups (broad SMARTS) is 1. The predicted octanol–water partition coefficient (Wildman–Crippen LogP) is 2.89. The summed E-state index contributed by atoms with van der Waals surface area (Å²) in [5.41, 5.74) is 2.64. The summed E-state index contributed by atoms with van der Waals surface area (Å²) in [6, 6.07) is 7.37. The maximum Gasteiger partial charge on any atom is 0.328 e. The summed E-state index contributed by atoms with van der Waals surface area (Å²) in [5.74, 6) is 0.411. The summed E-state index contributed by atoms with van der Waals surface area (Å²) in [6.07, 6.45) is 8.33. The van der Waals surface area contributed by atoms with Crippen molar-refractivity contribution in [1.82, 2.24) is 19.1 Å². The van der Waals surface area contributed by atoms with Gasteiger partial charge in [-0.25, -0.2) is 14.8 Å². The van der Waals surface area contributed by atoms with E-state index >= 15 is 0 Å². The number of carboxylic acids is 1. The fraction of sp³-hybridized carbons (Fsp3) is 0.417. The number of fused-ring (bicyclic) bond motifs is 1. The molecule has 9 nitrogen and oxygen atoms in total. The van der Waals surface area contributed by atoms with E-state index in [1.54, 1.807) is 35.3 Å². The van der Waals surface area contributed by atoms with Gasteiger partial charge in [-0.3, -0.25) is 13.9 Å². The highest BCUT2D eigenvalue weighted by Crippen LogP contribution is 2.24. The minimum absolute atomic E-state index is 0.220. The van der Waals surface area contributed by atoms with E-state index in [1.807, 2.05) is 0 Å². The smallest absolute Gasteiger partial charge is 0.328 e. The zero-order valence-corrected chi connectivity index (χ0v) is 18.9. The molecule has 0 saturated carbocycles. The number of aromatic nitrogens is 4. The van der Waals surface area contributed by atoms with Crippen LogP contribution < -0.4 is 15.7 Å². The van der Waals surface area contributed by atoms with Gasteiger partial charge in [-0.1, -0.05) is 12.1 Å². The Morgan fingerprint density at radius 1 is 1.30 bits per heavy atom. The van der Waals surface area contributed by atoms with Crippen LogP contribution in [-0.4, -0.2) is 43.3 Å². The van der Waals surface area contributed by atoms with E-state index in [9.17, 15) is 14.7 Å². The highest BCUT2D eigenvalue weighted by molar-refractivity contribution is 5.68. The van der Waals surface area contributed by atoms with Crippen LogP contribution in [-0.2, 0) is 24.2 Å². The minimum Gasteiger partial charge on any atom is -0.481 e. The molecule has 0 aliphatic carbocycles. The molecule has 1 aliphatic rings. The molecule has 1 aliphatic heterocycles. The van der Waals surface area contributed by atoms with Crippen molar-refractivity contribution < 1.29 is 14.6 Å². The van der Waals surface area contributed by atoms with E-state index in [0.717, 1.165) is 37.2 Å². The molecule has 0 saturated heterocycles. The molecule has 2 atom stereocenters. The first kappa shape index (κ1) is 22.6. The lowest BCUT2D eigenvalue weighted by Crippen LogP contribution is -2.29. The van der Waals surface area contributed by atoms with Gasteiger partial charge in [0, 0.05) is 42.9 Å². The van der Waals surface area contributed by atoms with Crippen LogP contribution in [0.5, 0.6) is 5.88 Å². The van der Waals surface area contributed by atoms with Gasteiger partial charge in [0.25, 0.3) is 0 Å². The second kappa shape index (κ2) is 9.89. The van der Waals surface area contributed by atoms with E-state index in [-0.39, 0.29) is 12.1 Å². The largest absolute Gasteiger partial charge is 0.481 e. The number of ether oxygens (including phenoxy) is 1. The average molecular weight is 452 g/mol. The Hall–Kier alpha value is -3.62. The molecule has 0 amide bonds. The molecule has 33 heavy (non-hydrogen) atoms. The summed E-state index contributed by atoms with van der Waals surface area (Å²) in [6.45, 7) is 2.68. The van der Waals surface area contributed by atoms with Crippen molar-refractivity contribution >= 4 is 11.8 Å². The van der Waals surface area contributed by atoms with Crippen LogP contribution in [0.15, 0.2) is 47.7 Å². The summed E-state index contributed by atoms with van der Waals surface area (Å²) in [5, 5.41) is 12.8. The normalized spacial score (nSPS) is 16.0. The lowest BCUT2D eigenvalue weighted by atomic mass is 10.0. The van der Waals surface area contributed by atoms with Gasteiger partial charge in [-0.15, -0.1) is 0 Å². The number of nitrogens with zero attached hydrogens (tertiary/aromatic N) is 4. The van der Waals surface area contributed by atoms with Crippen LogP contribution in [0.2, 0.25) is 0 Å². The number of imidazole rings is 1. The molecular formula is C24H29N5O4.